The highest BCUT2D eigenvalue weighted by Crippen LogP contribution is 2.42. The summed E-state index contributed by atoms with van der Waals surface area (Å²) in [5.41, 5.74) is 0. The quantitative estimate of drug-likeness (QED) is 0.691. The predicted octanol–water partition coefficient (Wildman–Crippen LogP) is 2.39. The van der Waals surface area contributed by atoms with Crippen LogP contribution in [-0.2, 0) is 4.79 Å². The lowest BCUT2D eigenvalue weighted by Crippen LogP contribution is -2.18. The Balaban J connectivity index is 2.66. The van der Waals surface area contributed by atoms with Crippen LogP contribution >= 0.6 is 0 Å². The minimum atomic E-state index is -0.606. The first-order valence-electron chi connectivity index (χ1n) is 4.80. The summed E-state index contributed by atoms with van der Waals surface area (Å²) in [6, 6.07) is 0. The van der Waals surface area contributed by atoms with Gasteiger partial charge in [-0.2, -0.15) is 0 Å². The van der Waals surface area contributed by atoms with Crippen LogP contribution in [-0.4, -0.2) is 11.1 Å². The molecule has 0 aliphatic heterocycles. The number of hydrogen-bond donors (Lipinski definition) is 1. The van der Waals surface area contributed by atoms with Crippen LogP contribution < -0.4 is 0 Å². The molecular weight excluding hydrogens is 152 g/mol. The van der Waals surface area contributed by atoms with E-state index in [2.05, 4.69) is 20.8 Å². The molecule has 1 aliphatic carbocycles. The third-order valence-corrected chi connectivity index (χ3v) is 3.61. The zero-order valence-electron chi connectivity index (χ0n) is 8.08. The lowest BCUT2D eigenvalue weighted by molar-refractivity contribution is -0.142. The number of aliphatic carboxylic acids is 1. The van der Waals surface area contributed by atoms with Gasteiger partial charge in [0.15, 0.2) is 0 Å². The lowest BCUT2D eigenvalue weighted by atomic mass is 9.89. The van der Waals surface area contributed by atoms with Gasteiger partial charge in [-0.3, -0.25) is 4.79 Å². The zero-order valence-corrected chi connectivity index (χ0v) is 8.08. The van der Waals surface area contributed by atoms with Gasteiger partial charge in [0.25, 0.3) is 0 Å². The molecule has 4 unspecified atom stereocenters. The number of rotatable bonds is 2. The number of carboxylic acid groups (broad SMARTS) is 1. The molecular formula is C10H18O2. The van der Waals surface area contributed by atoms with E-state index in [0.29, 0.717) is 17.8 Å². The van der Waals surface area contributed by atoms with Crippen molar-refractivity contribution in [3.05, 3.63) is 0 Å². The summed E-state index contributed by atoms with van der Waals surface area (Å²) in [5.74, 6) is 0.861. The summed E-state index contributed by atoms with van der Waals surface area (Å²) in [6.07, 6.45) is 2.00. The van der Waals surface area contributed by atoms with E-state index < -0.39 is 5.97 Å². The van der Waals surface area contributed by atoms with Crippen LogP contribution in [0.25, 0.3) is 0 Å². The van der Waals surface area contributed by atoms with E-state index in [1.807, 2.05) is 0 Å². The van der Waals surface area contributed by atoms with Gasteiger partial charge >= 0.3 is 5.97 Å². The third-order valence-electron chi connectivity index (χ3n) is 3.61. The van der Waals surface area contributed by atoms with Gasteiger partial charge in [-0.25, -0.2) is 0 Å². The van der Waals surface area contributed by atoms with Crippen molar-refractivity contribution < 1.29 is 9.90 Å². The summed E-state index contributed by atoms with van der Waals surface area (Å²) in [5, 5.41) is 8.91. The highest BCUT2D eigenvalue weighted by Gasteiger charge is 2.40. The second-order valence-electron chi connectivity index (χ2n) is 4.07. The molecule has 0 aromatic heterocycles. The molecule has 2 nitrogen and oxygen atoms in total. The van der Waals surface area contributed by atoms with Crippen LogP contribution in [0.4, 0.5) is 0 Å². The molecule has 1 rings (SSSR count). The van der Waals surface area contributed by atoms with Crippen LogP contribution in [0, 0.1) is 23.7 Å². The average molecular weight is 170 g/mol. The first kappa shape index (κ1) is 9.56. The molecule has 0 heterocycles. The minimum absolute atomic E-state index is 0.0926. The van der Waals surface area contributed by atoms with E-state index in [-0.39, 0.29) is 5.92 Å². The molecule has 0 spiro atoms. The van der Waals surface area contributed by atoms with Crippen molar-refractivity contribution in [3.63, 3.8) is 0 Å². The van der Waals surface area contributed by atoms with Crippen molar-refractivity contribution in [1.29, 1.82) is 0 Å². The maximum atomic E-state index is 10.8. The fourth-order valence-electron chi connectivity index (χ4n) is 2.42. The van der Waals surface area contributed by atoms with Gasteiger partial charge < -0.3 is 5.11 Å². The number of hydrogen-bond acceptors (Lipinski definition) is 1. The first-order valence-corrected chi connectivity index (χ1v) is 4.80. The lowest BCUT2D eigenvalue weighted by Gasteiger charge is -2.16. The van der Waals surface area contributed by atoms with Gasteiger partial charge in [0.05, 0.1) is 5.92 Å². The van der Waals surface area contributed by atoms with Gasteiger partial charge in [0, 0.05) is 0 Å². The molecule has 0 radical (unpaired) electrons. The molecule has 0 amide bonds. The molecule has 0 bridgehead atoms. The van der Waals surface area contributed by atoms with E-state index >= 15 is 0 Å². The van der Waals surface area contributed by atoms with E-state index in [0.717, 1.165) is 12.8 Å². The number of carboxylic acids is 1. The second kappa shape index (κ2) is 3.46. The van der Waals surface area contributed by atoms with Gasteiger partial charge in [-0.15, -0.1) is 0 Å². The fourth-order valence-corrected chi connectivity index (χ4v) is 2.42. The summed E-state index contributed by atoms with van der Waals surface area (Å²) >= 11 is 0. The smallest absolute Gasteiger partial charge is 0.306 e. The van der Waals surface area contributed by atoms with Crippen LogP contribution in [0.15, 0.2) is 0 Å². The number of carbonyl (C=O) groups is 1. The largest absolute Gasteiger partial charge is 0.481 e. The summed E-state index contributed by atoms with van der Waals surface area (Å²) in [6.45, 7) is 6.40. The highest BCUT2D eigenvalue weighted by atomic mass is 16.4. The Bertz CT molecular complexity index is 177. The SMILES string of the molecule is CCC1CC(C(=O)O)C(C)C1C. The van der Waals surface area contributed by atoms with Crippen molar-refractivity contribution in [2.24, 2.45) is 23.7 Å². The van der Waals surface area contributed by atoms with Crippen molar-refractivity contribution in [2.75, 3.05) is 0 Å². The van der Waals surface area contributed by atoms with Gasteiger partial charge in [0.2, 0.25) is 0 Å². The maximum Gasteiger partial charge on any atom is 0.306 e. The Kier molecular flexibility index (Phi) is 2.76. The molecule has 1 aliphatic rings. The molecule has 0 aromatic rings. The summed E-state index contributed by atoms with van der Waals surface area (Å²) in [7, 11) is 0. The van der Waals surface area contributed by atoms with Gasteiger partial charge in [0.1, 0.15) is 0 Å². The molecule has 1 N–H and O–H groups in total. The Morgan fingerprint density at radius 2 is 2.00 bits per heavy atom. The topological polar surface area (TPSA) is 37.3 Å². The van der Waals surface area contributed by atoms with E-state index in [1.165, 1.54) is 0 Å². The molecule has 1 saturated carbocycles. The minimum Gasteiger partial charge on any atom is -0.481 e. The van der Waals surface area contributed by atoms with Crippen LogP contribution in [0.1, 0.15) is 33.6 Å². The van der Waals surface area contributed by atoms with Gasteiger partial charge in [-0.05, 0) is 24.2 Å². The van der Waals surface area contributed by atoms with Crippen LogP contribution in [0.5, 0.6) is 0 Å². The fraction of sp³-hybridized carbons (Fsp3) is 0.900. The zero-order chi connectivity index (χ0) is 9.30. The predicted molar refractivity (Wildman–Crippen MR) is 47.9 cm³/mol. The molecule has 4 atom stereocenters. The van der Waals surface area contributed by atoms with Crippen molar-refractivity contribution >= 4 is 5.97 Å². The van der Waals surface area contributed by atoms with E-state index in [4.69, 9.17) is 5.11 Å². The molecule has 2 heteroatoms. The monoisotopic (exact) mass is 170 g/mol. The summed E-state index contributed by atoms with van der Waals surface area (Å²) in [4.78, 5) is 10.8. The molecule has 1 fully saturated rings. The van der Waals surface area contributed by atoms with E-state index in [1.54, 1.807) is 0 Å². The highest BCUT2D eigenvalue weighted by molar-refractivity contribution is 5.70. The molecule has 0 saturated heterocycles. The van der Waals surface area contributed by atoms with Crippen molar-refractivity contribution in [3.8, 4) is 0 Å². The molecule has 0 aromatic carbocycles. The van der Waals surface area contributed by atoms with E-state index in [9.17, 15) is 4.79 Å². The Hall–Kier alpha value is -0.530. The molecule has 70 valence electrons. The van der Waals surface area contributed by atoms with Crippen LogP contribution in [0.2, 0.25) is 0 Å². The Labute approximate surface area is 74.0 Å². The normalized spacial score (nSPS) is 41.6. The summed E-state index contributed by atoms with van der Waals surface area (Å²) < 4.78 is 0. The Morgan fingerprint density at radius 1 is 1.42 bits per heavy atom. The third kappa shape index (κ3) is 1.47. The first-order chi connectivity index (χ1) is 5.57. The second-order valence-corrected chi connectivity index (χ2v) is 4.07. The molecule has 12 heavy (non-hydrogen) atoms. The standard InChI is InChI=1S/C10H18O2/c1-4-8-5-9(10(11)12)7(3)6(8)2/h6-9H,4-5H2,1-3H3,(H,11,12). The van der Waals surface area contributed by atoms with Crippen molar-refractivity contribution in [2.45, 2.75) is 33.6 Å². The van der Waals surface area contributed by atoms with Crippen molar-refractivity contribution in [1.82, 2.24) is 0 Å². The van der Waals surface area contributed by atoms with Gasteiger partial charge in [-0.1, -0.05) is 27.2 Å². The Morgan fingerprint density at radius 3 is 2.25 bits per heavy atom. The average Bonchev–Trinajstić information content (AvgIpc) is 2.30. The maximum absolute atomic E-state index is 10.8. The van der Waals surface area contributed by atoms with Crippen LogP contribution in [0.3, 0.4) is 0 Å².